The molecule has 120 valence electrons. The first-order valence-corrected chi connectivity index (χ1v) is 6.99. The van der Waals surface area contributed by atoms with Crippen LogP contribution in [0.5, 0.6) is 0 Å². The Morgan fingerprint density at radius 3 is 2.86 bits per heavy atom. The first-order valence-electron chi connectivity index (χ1n) is 6.99. The van der Waals surface area contributed by atoms with Gasteiger partial charge in [-0.2, -0.15) is 0 Å². The van der Waals surface area contributed by atoms with E-state index in [2.05, 4.69) is 15.4 Å². The van der Waals surface area contributed by atoms with Gasteiger partial charge in [-0.3, -0.25) is 9.59 Å². The maximum atomic E-state index is 12.3. The number of carboxylic acids is 1. The minimum atomic E-state index is -1.02. The highest BCUT2D eigenvalue weighted by molar-refractivity contribution is 5.90. The Hall–Kier alpha value is -1.67. The van der Waals surface area contributed by atoms with Crippen LogP contribution in [0.25, 0.3) is 0 Å². The van der Waals surface area contributed by atoms with E-state index in [1.54, 1.807) is 7.05 Å². The standard InChI is InChI=1S/C13H23N3O5/c1-14-5-3-4-10(13(19)20)16-7-6-15-9(12(16)18)8-11(17)21-2/h9-10,14-15H,3-8H2,1-2H3,(H,19,20)/t9-,10?/m0/s1. The van der Waals surface area contributed by atoms with E-state index in [0.29, 0.717) is 32.5 Å². The molecule has 0 aromatic carbocycles. The van der Waals surface area contributed by atoms with E-state index in [4.69, 9.17) is 0 Å². The number of carbonyl (C=O) groups is 3. The van der Waals surface area contributed by atoms with E-state index >= 15 is 0 Å². The Morgan fingerprint density at radius 1 is 1.57 bits per heavy atom. The molecule has 0 spiro atoms. The summed E-state index contributed by atoms with van der Waals surface area (Å²) in [7, 11) is 3.04. The molecule has 0 aromatic rings. The SMILES string of the molecule is CNCCCC(C(=O)O)N1CCN[C@@H](CC(=O)OC)C1=O. The number of piperazine rings is 1. The fourth-order valence-electron chi connectivity index (χ4n) is 2.36. The Labute approximate surface area is 123 Å². The van der Waals surface area contributed by atoms with Gasteiger partial charge in [0.05, 0.1) is 19.6 Å². The smallest absolute Gasteiger partial charge is 0.326 e. The third-order valence-electron chi connectivity index (χ3n) is 3.49. The highest BCUT2D eigenvalue weighted by Crippen LogP contribution is 2.14. The summed E-state index contributed by atoms with van der Waals surface area (Å²) in [4.78, 5) is 36.4. The number of hydrogen-bond donors (Lipinski definition) is 3. The monoisotopic (exact) mass is 301 g/mol. The second kappa shape index (κ2) is 8.58. The van der Waals surface area contributed by atoms with Crippen molar-refractivity contribution < 1.29 is 24.2 Å². The second-order valence-corrected chi connectivity index (χ2v) is 4.92. The van der Waals surface area contributed by atoms with Crippen molar-refractivity contribution in [1.29, 1.82) is 0 Å². The number of hydrogen-bond acceptors (Lipinski definition) is 6. The molecule has 8 nitrogen and oxygen atoms in total. The molecule has 8 heteroatoms. The van der Waals surface area contributed by atoms with E-state index in [0.717, 1.165) is 0 Å². The lowest BCUT2D eigenvalue weighted by Gasteiger charge is -2.36. The van der Waals surface area contributed by atoms with Gasteiger partial charge in [-0.1, -0.05) is 0 Å². The van der Waals surface area contributed by atoms with E-state index in [1.807, 2.05) is 0 Å². The quantitative estimate of drug-likeness (QED) is 0.382. The van der Waals surface area contributed by atoms with Gasteiger partial charge in [-0.25, -0.2) is 4.79 Å². The summed E-state index contributed by atoms with van der Waals surface area (Å²) in [5, 5.41) is 15.2. The summed E-state index contributed by atoms with van der Waals surface area (Å²) < 4.78 is 4.55. The number of nitrogens with zero attached hydrogens (tertiary/aromatic N) is 1. The van der Waals surface area contributed by atoms with Gasteiger partial charge in [0.25, 0.3) is 0 Å². The number of rotatable bonds is 8. The van der Waals surface area contributed by atoms with Crippen molar-refractivity contribution in [2.45, 2.75) is 31.3 Å². The summed E-state index contributed by atoms with van der Waals surface area (Å²) >= 11 is 0. The summed E-state index contributed by atoms with van der Waals surface area (Å²) in [5.74, 6) is -1.87. The number of ether oxygens (including phenoxy) is 1. The molecule has 1 fully saturated rings. The predicted octanol–water partition coefficient (Wildman–Crippen LogP) is -1.20. The third kappa shape index (κ3) is 4.98. The first kappa shape index (κ1) is 17.4. The maximum Gasteiger partial charge on any atom is 0.326 e. The van der Waals surface area contributed by atoms with Crippen LogP contribution in [0.15, 0.2) is 0 Å². The lowest BCUT2D eigenvalue weighted by Crippen LogP contribution is -2.60. The van der Waals surface area contributed by atoms with E-state index < -0.39 is 24.0 Å². The fraction of sp³-hybridized carbons (Fsp3) is 0.769. The molecule has 1 aliphatic rings. The number of carboxylic acid groups (broad SMARTS) is 1. The average molecular weight is 301 g/mol. The van der Waals surface area contributed by atoms with E-state index in [1.165, 1.54) is 12.0 Å². The van der Waals surface area contributed by atoms with Crippen LogP contribution in [0.1, 0.15) is 19.3 Å². The molecule has 2 atom stereocenters. The van der Waals surface area contributed by atoms with Crippen molar-refractivity contribution in [2.75, 3.05) is 33.8 Å². The first-order chi connectivity index (χ1) is 10.0. The highest BCUT2D eigenvalue weighted by atomic mass is 16.5. The van der Waals surface area contributed by atoms with Crippen LogP contribution in [0, 0.1) is 0 Å². The lowest BCUT2D eigenvalue weighted by atomic mass is 10.0. The van der Waals surface area contributed by atoms with Gasteiger partial charge in [0.1, 0.15) is 6.04 Å². The molecule has 1 amide bonds. The Balaban J connectivity index is 2.71. The van der Waals surface area contributed by atoms with Crippen LogP contribution in [-0.2, 0) is 19.1 Å². The van der Waals surface area contributed by atoms with Crippen molar-refractivity contribution >= 4 is 17.8 Å². The number of aliphatic carboxylic acids is 1. The topological polar surface area (TPSA) is 108 Å². The van der Waals surface area contributed by atoms with Crippen LogP contribution in [0.3, 0.4) is 0 Å². The Bertz CT molecular complexity index is 388. The van der Waals surface area contributed by atoms with Gasteiger partial charge in [-0.05, 0) is 26.4 Å². The summed E-state index contributed by atoms with van der Waals surface area (Å²) in [6.45, 7) is 1.48. The molecule has 0 aliphatic carbocycles. The molecule has 0 saturated carbocycles. The van der Waals surface area contributed by atoms with Crippen molar-refractivity contribution in [3.8, 4) is 0 Å². The molecule has 1 aliphatic heterocycles. The normalized spacial score (nSPS) is 20.2. The van der Waals surface area contributed by atoms with Crippen LogP contribution in [-0.4, -0.2) is 73.7 Å². The molecule has 1 saturated heterocycles. The zero-order valence-corrected chi connectivity index (χ0v) is 12.4. The van der Waals surface area contributed by atoms with Crippen LogP contribution in [0.4, 0.5) is 0 Å². The second-order valence-electron chi connectivity index (χ2n) is 4.92. The Kier molecular flexibility index (Phi) is 7.10. The molecule has 1 heterocycles. The minimum absolute atomic E-state index is 0.0886. The van der Waals surface area contributed by atoms with Gasteiger partial charge in [0, 0.05) is 13.1 Å². The number of esters is 1. The summed E-state index contributed by atoms with van der Waals surface area (Å²) in [6.07, 6.45) is 0.952. The third-order valence-corrected chi connectivity index (χ3v) is 3.49. The fourth-order valence-corrected chi connectivity index (χ4v) is 2.36. The number of amides is 1. The molecule has 1 unspecified atom stereocenters. The van der Waals surface area contributed by atoms with Crippen molar-refractivity contribution in [1.82, 2.24) is 15.5 Å². The number of methoxy groups -OCH3 is 1. The molecule has 3 N–H and O–H groups in total. The van der Waals surface area contributed by atoms with Crippen molar-refractivity contribution in [3.05, 3.63) is 0 Å². The van der Waals surface area contributed by atoms with Gasteiger partial charge in [0.15, 0.2) is 0 Å². The zero-order valence-electron chi connectivity index (χ0n) is 12.4. The van der Waals surface area contributed by atoms with Gasteiger partial charge < -0.3 is 25.4 Å². The van der Waals surface area contributed by atoms with Gasteiger partial charge in [0.2, 0.25) is 5.91 Å². The molecular weight excluding hydrogens is 278 g/mol. The zero-order chi connectivity index (χ0) is 15.8. The lowest BCUT2D eigenvalue weighted by molar-refractivity contribution is -0.154. The largest absolute Gasteiger partial charge is 0.480 e. The van der Waals surface area contributed by atoms with E-state index in [-0.39, 0.29) is 12.3 Å². The molecule has 0 radical (unpaired) electrons. The van der Waals surface area contributed by atoms with E-state index in [9.17, 15) is 19.5 Å². The molecule has 21 heavy (non-hydrogen) atoms. The maximum absolute atomic E-state index is 12.3. The summed E-state index contributed by atoms with van der Waals surface area (Å²) in [5.41, 5.74) is 0. The van der Waals surface area contributed by atoms with Crippen LogP contribution >= 0.6 is 0 Å². The van der Waals surface area contributed by atoms with Crippen LogP contribution < -0.4 is 10.6 Å². The molecular formula is C13H23N3O5. The average Bonchev–Trinajstić information content (AvgIpc) is 2.46. The van der Waals surface area contributed by atoms with Crippen molar-refractivity contribution in [2.24, 2.45) is 0 Å². The highest BCUT2D eigenvalue weighted by Gasteiger charge is 2.36. The minimum Gasteiger partial charge on any atom is -0.480 e. The Morgan fingerprint density at radius 2 is 2.29 bits per heavy atom. The molecule has 0 aromatic heterocycles. The number of carbonyl (C=O) groups excluding carboxylic acids is 2. The van der Waals surface area contributed by atoms with Crippen molar-refractivity contribution in [3.63, 3.8) is 0 Å². The summed E-state index contributed by atoms with van der Waals surface area (Å²) in [6, 6.07) is -1.56. The van der Waals surface area contributed by atoms with Gasteiger partial charge in [-0.15, -0.1) is 0 Å². The predicted molar refractivity (Wildman–Crippen MR) is 74.7 cm³/mol. The molecule has 1 rings (SSSR count). The van der Waals surface area contributed by atoms with Crippen LogP contribution in [0.2, 0.25) is 0 Å². The number of nitrogens with one attached hydrogen (secondary N) is 2. The molecule has 0 bridgehead atoms. The van der Waals surface area contributed by atoms with Gasteiger partial charge >= 0.3 is 11.9 Å².